The first-order chi connectivity index (χ1) is 14.5. The predicted molar refractivity (Wildman–Crippen MR) is 113 cm³/mol. The van der Waals surface area contributed by atoms with Crippen LogP contribution in [0.2, 0.25) is 0 Å². The van der Waals surface area contributed by atoms with E-state index >= 15 is 0 Å². The zero-order valence-corrected chi connectivity index (χ0v) is 17.1. The molecule has 1 fully saturated rings. The molecule has 8 heteroatoms. The van der Waals surface area contributed by atoms with Gasteiger partial charge in [0.1, 0.15) is 5.75 Å². The van der Waals surface area contributed by atoms with Gasteiger partial charge in [-0.15, -0.1) is 0 Å². The Morgan fingerprint density at radius 2 is 1.57 bits per heavy atom. The van der Waals surface area contributed by atoms with Crippen molar-refractivity contribution in [1.29, 1.82) is 0 Å². The molecule has 0 spiro atoms. The van der Waals surface area contributed by atoms with Gasteiger partial charge >= 0.3 is 5.97 Å². The minimum atomic E-state index is -0.574. The van der Waals surface area contributed by atoms with E-state index in [-0.39, 0.29) is 18.4 Å². The van der Waals surface area contributed by atoms with Gasteiger partial charge in [-0.2, -0.15) is 0 Å². The Balaban J connectivity index is 1.45. The molecule has 1 heterocycles. The van der Waals surface area contributed by atoms with Crippen LogP contribution in [0.15, 0.2) is 48.5 Å². The fraction of sp³-hybridized carbons (Fsp3) is 0.318. The van der Waals surface area contributed by atoms with E-state index in [0.29, 0.717) is 37.4 Å². The Morgan fingerprint density at radius 3 is 2.13 bits per heavy atom. The maximum atomic E-state index is 12.4. The zero-order valence-electron chi connectivity index (χ0n) is 17.1. The van der Waals surface area contributed by atoms with Gasteiger partial charge in [0, 0.05) is 44.5 Å². The van der Waals surface area contributed by atoms with Gasteiger partial charge in [-0.25, -0.2) is 4.79 Å². The summed E-state index contributed by atoms with van der Waals surface area (Å²) < 4.78 is 10.3. The topological polar surface area (TPSA) is 88.2 Å². The number of hydrogen-bond acceptors (Lipinski definition) is 6. The molecule has 2 aromatic rings. The van der Waals surface area contributed by atoms with E-state index in [9.17, 15) is 14.4 Å². The minimum Gasteiger partial charge on any atom is -0.497 e. The highest BCUT2D eigenvalue weighted by atomic mass is 16.5. The molecule has 0 unspecified atom stereocenters. The number of carbonyl (C=O) groups excluding carboxylic acids is 3. The number of hydrogen-bond donors (Lipinski definition) is 1. The van der Waals surface area contributed by atoms with Crippen molar-refractivity contribution in [1.82, 2.24) is 4.90 Å². The Labute approximate surface area is 175 Å². The number of nitrogens with zero attached hydrogens (tertiary/aromatic N) is 2. The number of anilines is 2. The van der Waals surface area contributed by atoms with Gasteiger partial charge in [-0.05, 0) is 48.5 Å². The van der Waals surface area contributed by atoms with Crippen LogP contribution in [0, 0.1) is 0 Å². The van der Waals surface area contributed by atoms with Crippen LogP contribution in [0.25, 0.3) is 0 Å². The molecule has 0 radical (unpaired) electrons. The predicted octanol–water partition coefficient (Wildman–Crippen LogP) is 2.16. The van der Waals surface area contributed by atoms with E-state index in [1.807, 2.05) is 24.3 Å². The molecule has 0 aromatic heterocycles. The molecule has 1 N–H and O–H groups in total. The summed E-state index contributed by atoms with van der Waals surface area (Å²) in [5, 5.41) is 2.62. The molecule has 0 bridgehead atoms. The molecule has 0 saturated carbocycles. The van der Waals surface area contributed by atoms with E-state index < -0.39 is 5.97 Å². The maximum absolute atomic E-state index is 12.4. The summed E-state index contributed by atoms with van der Waals surface area (Å²) >= 11 is 0. The highest BCUT2D eigenvalue weighted by molar-refractivity contribution is 5.93. The molecular weight excluding hydrogens is 386 g/mol. The molecule has 0 aliphatic carbocycles. The van der Waals surface area contributed by atoms with Crippen molar-refractivity contribution in [2.24, 2.45) is 0 Å². The van der Waals surface area contributed by atoms with Gasteiger partial charge in [0.2, 0.25) is 5.91 Å². The second-order valence-electron chi connectivity index (χ2n) is 6.90. The zero-order chi connectivity index (χ0) is 21.5. The van der Waals surface area contributed by atoms with Gasteiger partial charge in [0.15, 0.2) is 6.61 Å². The number of esters is 1. The van der Waals surface area contributed by atoms with Gasteiger partial charge in [0.25, 0.3) is 5.91 Å². The fourth-order valence-electron chi connectivity index (χ4n) is 3.20. The molecule has 1 saturated heterocycles. The molecule has 0 atom stereocenters. The van der Waals surface area contributed by atoms with Gasteiger partial charge < -0.3 is 24.6 Å². The van der Waals surface area contributed by atoms with Crippen LogP contribution in [0.3, 0.4) is 0 Å². The van der Waals surface area contributed by atoms with Crippen molar-refractivity contribution in [2.45, 2.75) is 6.92 Å². The van der Waals surface area contributed by atoms with E-state index in [1.165, 1.54) is 6.92 Å². The van der Waals surface area contributed by atoms with E-state index in [2.05, 4.69) is 10.2 Å². The van der Waals surface area contributed by atoms with Crippen molar-refractivity contribution in [3.8, 4) is 5.75 Å². The number of nitrogens with one attached hydrogen (secondary N) is 1. The van der Waals surface area contributed by atoms with Gasteiger partial charge in [-0.3, -0.25) is 9.59 Å². The average molecular weight is 411 g/mol. The molecular formula is C22H25N3O5. The summed E-state index contributed by atoms with van der Waals surface area (Å²) in [4.78, 5) is 39.5. The van der Waals surface area contributed by atoms with Crippen LogP contribution < -0.4 is 15.0 Å². The summed E-state index contributed by atoms with van der Waals surface area (Å²) in [7, 11) is 1.63. The lowest BCUT2D eigenvalue weighted by molar-refractivity contribution is -0.134. The second kappa shape index (κ2) is 9.78. The quantitative estimate of drug-likeness (QED) is 0.733. The highest BCUT2D eigenvalue weighted by Gasteiger charge is 2.22. The van der Waals surface area contributed by atoms with Crippen LogP contribution in [-0.2, 0) is 14.3 Å². The Bertz CT molecular complexity index is 888. The van der Waals surface area contributed by atoms with Crippen molar-refractivity contribution in [3.05, 3.63) is 54.1 Å². The van der Waals surface area contributed by atoms with Crippen LogP contribution in [0.4, 0.5) is 11.4 Å². The van der Waals surface area contributed by atoms with Crippen molar-refractivity contribution >= 4 is 29.2 Å². The number of methoxy groups -OCH3 is 1. The van der Waals surface area contributed by atoms with Crippen LogP contribution >= 0.6 is 0 Å². The number of carbonyl (C=O) groups is 3. The first-order valence-electron chi connectivity index (χ1n) is 9.68. The molecule has 2 aromatic carbocycles. The van der Waals surface area contributed by atoms with Crippen molar-refractivity contribution < 1.29 is 23.9 Å². The standard InChI is InChI=1S/C22H25N3O5/c1-16(26)23-18-5-3-17(4-6-18)22(28)30-15-21(27)25-13-11-24(12-14-25)19-7-9-20(29-2)10-8-19/h3-10H,11-15H2,1-2H3,(H,23,26). The van der Waals surface area contributed by atoms with E-state index in [4.69, 9.17) is 9.47 Å². The second-order valence-corrected chi connectivity index (χ2v) is 6.90. The van der Waals surface area contributed by atoms with Crippen LogP contribution in [-0.4, -0.2) is 62.6 Å². The summed E-state index contributed by atoms with van der Waals surface area (Å²) in [6.07, 6.45) is 0. The number of rotatable bonds is 6. The third-order valence-electron chi connectivity index (χ3n) is 4.84. The lowest BCUT2D eigenvalue weighted by Gasteiger charge is -2.36. The fourth-order valence-corrected chi connectivity index (χ4v) is 3.20. The monoisotopic (exact) mass is 411 g/mol. The minimum absolute atomic E-state index is 0.192. The lowest BCUT2D eigenvalue weighted by Crippen LogP contribution is -2.49. The molecule has 1 aliphatic heterocycles. The summed E-state index contributed by atoms with van der Waals surface area (Å²) in [5.74, 6) is -0.177. The molecule has 3 rings (SSSR count). The van der Waals surface area contributed by atoms with Crippen molar-refractivity contribution in [3.63, 3.8) is 0 Å². The Hall–Kier alpha value is -3.55. The van der Waals surface area contributed by atoms with Crippen LogP contribution in [0.5, 0.6) is 5.75 Å². The van der Waals surface area contributed by atoms with Gasteiger partial charge in [0.05, 0.1) is 12.7 Å². The highest BCUT2D eigenvalue weighted by Crippen LogP contribution is 2.20. The molecule has 2 amide bonds. The average Bonchev–Trinajstić information content (AvgIpc) is 2.77. The van der Waals surface area contributed by atoms with E-state index in [1.54, 1.807) is 36.3 Å². The Kier molecular flexibility index (Phi) is 6.90. The lowest BCUT2D eigenvalue weighted by atomic mass is 10.2. The normalized spacial score (nSPS) is 13.5. The third-order valence-corrected chi connectivity index (χ3v) is 4.84. The number of amides is 2. The van der Waals surface area contributed by atoms with Gasteiger partial charge in [-0.1, -0.05) is 0 Å². The summed E-state index contributed by atoms with van der Waals surface area (Å²) in [6, 6.07) is 14.1. The number of ether oxygens (including phenoxy) is 2. The molecule has 158 valence electrons. The molecule has 30 heavy (non-hydrogen) atoms. The largest absolute Gasteiger partial charge is 0.497 e. The molecule has 8 nitrogen and oxygen atoms in total. The van der Waals surface area contributed by atoms with E-state index in [0.717, 1.165) is 11.4 Å². The first-order valence-corrected chi connectivity index (χ1v) is 9.68. The molecule has 1 aliphatic rings. The SMILES string of the molecule is COc1ccc(N2CCN(C(=O)COC(=O)c3ccc(NC(C)=O)cc3)CC2)cc1. The number of piperazine rings is 1. The smallest absolute Gasteiger partial charge is 0.338 e. The Morgan fingerprint density at radius 1 is 0.933 bits per heavy atom. The maximum Gasteiger partial charge on any atom is 0.338 e. The summed E-state index contributed by atoms with van der Waals surface area (Å²) in [5.41, 5.74) is 1.99. The first kappa shape index (κ1) is 21.2. The van der Waals surface area contributed by atoms with Crippen LogP contribution in [0.1, 0.15) is 17.3 Å². The third kappa shape index (κ3) is 5.50. The van der Waals surface area contributed by atoms with Crippen molar-refractivity contribution in [2.75, 3.05) is 50.1 Å². The summed E-state index contributed by atoms with van der Waals surface area (Å²) in [6.45, 7) is 3.65. The number of benzene rings is 2.